The van der Waals surface area contributed by atoms with Gasteiger partial charge in [-0.05, 0) is 25.1 Å². The number of hydrogen-bond acceptors (Lipinski definition) is 4. The van der Waals surface area contributed by atoms with Crippen LogP contribution in [0.5, 0.6) is 0 Å². The summed E-state index contributed by atoms with van der Waals surface area (Å²) in [5, 5.41) is 3.69. The fourth-order valence-electron chi connectivity index (χ4n) is 1.98. The normalized spacial score (nSPS) is 10.9. The summed E-state index contributed by atoms with van der Waals surface area (Å²) in [5.41, 5.74) is 6.34. The quantitative estimate of drug-likeness (QED) is 0.765. The number of furan rings is 1. The minimum absolute atomic E-state index is 0.00433. The van der Waals surface area contributed by atoms with Gasteiger partial charge in [0.2, 0.25) is 5.76 Å². The van der Waals surface area contributed by atoms with Gasteiger partial charge in [0.05, 0.1) is 10.6 Å². The maximum absolute atomic E-state index is 14.2. The number of nitrogen functional groups attached to an aromatic ring is 1. The van der Waals surface area contributed by atoms with Crippen LogP contribution in [0, 0.1) is 12.7 Å². The summed E-state index contributed by atoms with van der Waals surface area (Å²) in [6, 6.07) is 8.13. The number of benzene rings is 1. The lowest BCUT2D eigenvalue weighted by atomic mass is 10.0. The highest BCUT2D eigenvalue weighted by atomic mass is 35.5. The number of rotatable bonds is 2. The molecule has 0 bridgehead atoms. The van der Waals surface area contributed by atoms with Crippen LogP contribution in [0.25, 0.3) is 22.6 Å². The molecule has 3 rings (SSSR count). The van der Waals surface area contributed by atoms with Gasteiger partial charge in [-0.3, -0.25) is 0 Å². The van der Waals surface area contributed by atoms with Crippen LogP contribution in [0.3, 0.4) is 0 Å². The number of hydrogen-bond donors (Lipinski definition) is 1. The molecule has 0 radical (unpaired) electrons. The molecule has 0 fully saturated rings. The Balaban J connectivity index is 2.24. The minimum atomic E-state index is -0.575. The number of halogens is 2. The van der Waals surface area contributed by atoms with Gasteiger partial charge in [0, 0.05) is 5.56 Å². The molecular formula is C14H10ClFN2O2. The Morgan fingerprint density at radius 2 is 2.05 bits per heavy atom. The fourth-order valence-corrected chi connectivity index (χ4v) is 2.16. The molecule has 1 aromatic carbocycles. The summed E-state index contributed by atoms with van der Waals surface area (Å²) in [4.78, 5) is 0. The SMILES string of the molecule is Cc1ccc(-c2onc(N)c2-c2cccc(Cl)c2F)o1. The van der Waals surface area contributed by atoms with Crippen LogP contribution in [-0.4, -0.2) is 5.16 Å². The third kappa shape index (κ3) is 1.96. The Morgan fingerprint density at radius 3 is 2.75 bits per heavy atom. The van der Waals surface area contributed by atoms with Crippen LogP contribution in [0.15, 0.2) is 39.3 Å². The summed E-state index contributed by atoms with van der Waals surface area (Å²) in [5.74, 6) is 0.911. The molecule has 0 atom stereocenters. The molecule has 0 spiro atoms. The van der Waals surface area contributed by atoms with E-state index in [1.165, 1.54) is 6.07 Å². The van der Waals surface area contributed by atoms with E-state index in [9.17, 15) is 4.39 Å². The van der Waals surface area contributed by atoms with Gasteiger partial charge in [-0.25, -0.2) is 4.39 Å². The topological polar surface area (TPSA) is 65.2 Å². The minimum Gasteiger partial charge on any atom is -0.458 e. The zero-order chi connectivity index (χ0) is 14.3. The molecule has 0 unspecified atom stereocenters. The monoisotopic (exact) mass is 292 g/mol. The van der Waals surface area contributed by atoms with Gasteiger partial charge in [0.1, 0.15) is 11.6 Å². The summed E-state index contributed by atoms with van der Waals surface area (Å²) >= 11 is 5.80. The van der Waals surface area contributed by atoms with Crippen molar-refractivity contribution in [2.24, 2.45) is 0 Å². The van der Waals surface area contributed by atoms with E-state index in [0.717, 1.165) is 0 Å². The van der Waals surface area contributed by atoms with Crippen molar-refractivity contribution >= 4 is 17.4 Å². The van der Waals surface area contributed by atoms with E-state index < -0.39 is 5.82 Å². The third-order valence-corrected chi connectivity index (χ3v) is 3.20. The molecule has 6 heteroatoms. The summed E-state index contributed by atoms with van der Waals surface area (Å²) in [6.45, 7) is 1.79. The average molecular weight is 293 g/mol. The second-order valence-electron chi connectivity index (χ2n) is 4.28. The maximum atomic E-state index is 14.2. The smallest absolute Gasteiger partial charge is 0.212 e. The first kappa shape index (κ1) is 12.7. The molecule has 4 nitrogen and oxygen atoms in total. The van der Waals surface area contributed by atoms with E-state index in [1.807, 2.05) is 0 Å². The zero-order valence-electron chi connectivity index (χ0n) is 10.5. The molecule has 102 valence electrons. The van der Waals surface area contributed by atoms with Crippen molar-refractivity contribution in [1.29, 1.82) is 0 Å². The van der Waals surface area contributed by atoms with Crippen molar-refractivity contribution in [1.82, 2.24) is 5.16 Å². The Kier molecular flexibility index (Phi) is 2.99. The van der Waals surface area contributed by atoms with Crippen LogP contribution < -0.4 is 5.73 Å². The first-order valence-electron chi connectivity index (χ1n) is 5.84. The van der Waals surface area contributed by atoms with Crippen LogP contribution >= 0.6 is 11.6 Å². The summed E-state index contributed by atoms with van der Waals surface area (Å²) in [7, 11) is 0. The highest BCUT2D eigenvalue weighted by Crippen LogP contribution is 2.39. The number of nitrogens with two attached hydrogens (primary N) is 1. The Hall–Kier alpha value is -2.27. The van der Waals surface area contributed by atoms with Crippen molar-refractivity contribution in [3.63, 3.8) is 0 Å². The van der Waals surface area contributed by atoms with Crippen LogP contribution in [0.2, 0.25) is 5.02 Å². The second kappa shape index (κ2) is 4.68. The predicted octanol–water partition coefficient (Wildman–Crippen LogP) is 4.28. The van der Waals surface area contributed by atoms with Crippen molar-refractivity contribution in [3.8, 4) is 22.6 Å². The highest BCUT2D eigenvalue weighted by Gasteiger charge is 2.23. The van der Waals surface area contributed by atoms with E-state index >= 15 is 0 Å². The van der Waals surface area contributed by atoms with Crippen LogP contribution in [0.1, 0.15) is 5.76 Å². The highest BCUT2D eigenvalue weighted by molar-refractivity contribution is 6.31. The molecule has 0 aliphatic carbocycles. The lowest BCUT2D eigenvalue weighted by Crippen LogP contribution is -1.92. The maximum Gasteiger partial charge on any atom is 0.212 e. The van der Waals surface area contributed by atoms with Gasteiger partial charge >= 0.3 is 0 Å². The third-order valence-electron chi connectivity index (χ3n) is 2.90. The van der Waals surface area contributed by atoms with Gasteiger partial charge in [-0.15, -0.1) is 0 Å². The molecule has 3 aromatic rings. The lowest BCUT2D eigenvalue weighted by Gasteiger charge is -2.04. The molecule has 2 heterocycles. The fraction of sp³-hybridized carbons (Fsp3) is 0.0714. The Bertz CT molecular complexity index is 779. The standard InChI is InChI=1S/C14H10ClFN2O2/c1-7-5-6-10(19-7)13-11(14(17)18-20-13)8-3-2-4-9(15)12(8)16/h2-6H,1H3,(H2,17,18). The van der Waals surface area contributed by atoms with E-state index in [1.54, 1.807) is 31.2 Å². The molecule has 0 amide bonds. The van der Waals surface area contributed by atoms with Crippen molar-refractivity contribution in [2.75, 3.05) is 5.73 Å². The van der Waals surface area contributed by atoms with E-state index in [2.05, 4.69) is 5.16 Å². The molecule has 0 saturated carbocycles. The van der Waals surface area contributed by atoms with Gasteiger partial charge in [0.15, 0.2) is 11.6 Å². The van der Waals surface area contributed by atoms with Crippen LogP contribution in [-0.2, 0) is 0 Å². The second-order valence-corrected chi connectivity index (χ2v) is 4.69. The molecule has 2 N–H and O–H groups in total. The largest absolute Gasteiger partial charge is 0.458 e. The summed E-state index contributed by atoms with van der Waals surface area (Å²) in [6.07, 6.45) is 0. The van der Waals surface area contributed by atoms with Gasteiger partial charge in [-0.1, -0.05) is 28.9 Å². The van der Waals surface area contributed by atoms with Gasteiger partial charge < -0.3 is 14.7 Å². The average Bonchev–Trinajstić information content (AvgIpc) is 2.99. The van der Waals surface area contributed by atoms with Gasteiger partial charge in [-0.2, -0.15) is 0 Å². The van der Waals surface area contributed by atoms with E-state index in [-0.39, 0.29) is 22.2 Å². The number of anilines is 1. The van der Waals surface area contributed by atoms with E-state index in [0.29, 0.717) is 17.1 Å². The Labute approximate surface area is 118 Å². The van der Waals surface area contributed by atoms with E-state index in [4.69, 9.17) is 26.3 Å². The number of nitrogens with zero attached hydrogens (tertiary/aromatic N) is 1. The molecule has 0 aliphatic heterocycles. The first-order valence-corrected chi connectivity index (χ1v) is 6.22. The summed E-state index contributed by atoms with van der Waals surface area (Å²) < 4.78 is 24.8. The van der Waals surface area contributed by atoms with Crippen molar-refractivity contribution in [2.45, 2.75) is 6.92 Å². The molecule has 2 aromatic heterocycles. The molecular weight excluding hydrogens is 283 g/mol. The predicted molar refractivity (Wildman–Crippen MR) is 73.8 cm³/mol. The Morgan fingerprint density at radius 1 is 1.25 bits per heavy atom. The molecule has 20 heavy (non-hydrogen) atoms. The lowest BCUT2D eigenvalue weighted by molar-refractivity contribution is 0.418. The van der Waals surface area contributed by atoms with Crippen molar-refractivity contribution < 1.29 is 13.3 Å². The van der Waals surface area contributed by atoms with Crippen molar-refractivity contribution in [3.05, 3.63) is 46.9 Å². The zero-order valence-corrected chi connectivity index (χ0v) is 11.2. The number of aromatic nitrogens is 1. The van der Waals surface area contributed by atoms with Crippen LogP contribution in [0.4, 0.5) is 10.2 Å². The first-order chi connectivity index (χ1) is 9.58. The van der Waals surface area contributed by atoms with Gasteiger partial charge in [0.25, 0.3) is 0 Å². The molecule has 0 saturated heterocycles. The molecule has 0 aliphatic rings. The number of aryl methyl sites for hydroxylation is 1.